The fourth-order valence-electron chi connectivity index (χ4n) is 3.55. The Morgan fingerprint density at radius 1 is 1.11 bits per heavy atom. The molecule has 0 bridgehead atoms. The summed E-state index contributed by atoms with van der Waals surface area (Å²) in [6, 6.07) is 5.20. The fourth-order valence-corrected chi connectivity index (χ4v) is 3.55. The molecule has 0 saturated carbocycles. The van der Waals surface area contributed by atoms with Gasteiger partial charge in [0.2, 0.25) is 0 Å². The number of hydrogen-bond donors (Lipinski definition) is 0. The van der Waals surface area contributed by atoms with Crippen LogP contribution in [0.1, 0.15) is 60.4 Å². The number of carbonyl (C=O) groups excluding carboxylic acids is 1. The minimum atomic E-state index is -0.442. The van der Waals surface area contributed by atoms with E-state index in [-0.39, 0.29) is 16.9 Å². The van der Waals surface area contributed by atoms with Gasteiger partial charge in [0.15, 0.2) is 0 Å². The highest BCUT2D eigenvalue weighted by Crippen LogP contribution is 2.44. The van der Waals surface area contributed by atoms with Crippen LogP contribution in [0.2, 0.25) is 0 Å². The zero-order valence-corrected chi connectivity index (χ0v) is 17.3. The van der Waals surface area contributed by atoms with Crippen molar-refractivity contribution in [3.05, 3.63) is 56.5 Å². The van der Waals surface area contributed by atoms with Crippen LogP contribution in [0.25, 0.3) is 0 Å². The average molecular weight is 369 g/mol. The summed E-state index contributed by atoms with van der Waals surface area (Å²) in [5.41, 5.74) is 3.85. The van der Waals surface area contributed by atoms with Crippen LogP contribution in [-0.4, -0.2) is 26.6 Å². The Balaban J connectivity index is 2.19. The third kappa shape index (κ3) is 2.66. The van der Waals surface area contributed by atoms with Gasteiger partial charge >= 0.3 is 0 Å². The SMILES string of the molecule is Cc1ccc(C(=O)n2c(C)cc(=O)n2C)c(C)c1C1=NOC(C)(C)C1(C)C. The summed E-state index contributed by atoms with van der Waals surface area (Å²) in [4.78, 5) is 30.9. The lowest BCUT2D eigenvalue weighted by molar-refractivity contribution is -0.0409. The lowest BCUT2D eigenvalue weighted by Gasteiger charge is -2.33. The van der Waals surface area contributed by atoms with E-state index in [1.807, 2.05) is 39.8 Å². The van der Waals surface area contributed by atoms with E-state index in [1.54, 1.807) is 14.0 Å². The quantitative estimate of drug-likeness (QED) is 0.815. The fraction of sp³-hybridized carbons (Fsp3) is 0.476. The summed E-state index contributed by atoms with van der Waals surface area (Å²) in [5, 5.41) is 4.39. The van der Waals surface area contributed by atoms with E-state index < -0.39 is 5.60 Å². The van der Waals surface area contributed by atoms with Crippen molar-refractivity contribution in [2.24, 2.45) is 17.6 Å². The third-order valence-corrected chi connectivity index (χ3v) is 6.08. The Bertz CT molecular complexity index is 1040. The molecular formula is C21H27N3O3. The Labute approximate surface area is 159 Å². The van der Waals surface area contributed by atoms with Crippen LogP contribution in [0.3, 0.4) is 0 Å². The topological polar surface area (TPSA) is 65.6 Å². The molecular weight excluding hydrogens is 342 g/mol. The molecule has 0 saturated heterocycles. The van der Waals surface area contributed by atoms with Gasteiger partial charge in [0, 0.05) is 29.9 Å². The number of oxime groups is 1. The Morgan fingerprint density at radius 3 is 2.22 bits per heavy atom. The zero-order chi connectivity index (χ0) is 20.3. The van der Waals surface area contributed by atoms with Crippen LogP contribution in [-0.2, 0) is 11.9 Å². The number of aryl methyl sites for hydroxylation is 2. The molecule has 0 aliphatic carbocycles. The molecule has 1 aromatic heterocycles. The van der Waals surface area contributed by atoms with Crippen molar-refractivity contribution in [2.75, 3.05) is 0 Å². The highest BCUT2D eigenvalue weighted by Gasteiger charge is 2.49. The summed E-state index contributed by atoms with van der Waals surface area (Å²) in [6.45, 7) is 13.9. The number of hydrogen-bond acceptors (Lipinski definition) is 4. The first kappa shape index (κ1) is 19.1. The number of carbonyl (C=O) groups is 1. The normalized spacial score (nSPS) is 17.6. The van der Waals surface area contributed by atoms with Crippen LogP contribution in [0.4, 0.5) is 0 Å². The summed E-state index contributed by atoms with van der Waals surface area (Å²) in [7, 11) is 1.60. The average Bonchev–Trinajstić information content (AvgIpc) is 2.93. The Kier molecular flexibility index (Phi) is 4.21. The molecule has 6 nitrogen and oxygen atoms in total. The molecule has 0 amide bonds. The second kappa shape index (κ2) is 5.94. The maximum absolute atomic E-state index is 13.2. The minimum absolute atomic E-state index is 0.206. The van der Waals surface area contributed by atoms with Gasteiger partial charge in [-0.15, -0.1) is 0 Å². The smallest absolute Gasteiger partial charge is 0.277 e. The van der Waals surface area contributed by atoms with Crippen molar-refractivity contribution >= 4 is 11.6 Å². The van der Waals surface area contributed by atoms with Gasteiger partial charge in [-0.2, -0.15) is 0 Å². The van der Waals surface area contributed by atoms with Crippen molar-refractivity contribution in [1.82, 2.24) is 9.36 Å². The van der Waals surface area contributed by atoms with Crippen LogP contribution in [0, 0.1) is 26.2 Å². The van der Waals surface area contributed by atoms with E-state index in [0.29, 0.717) is 11.3 Å². The molecule has 1 aliphatic heterocycles. The van der Waals surface area contributed by atoms with Crippen LogP contribution in [0.15, 0.2) is 28.1 Å². The second-order valence-electron chi connectivity index (χ2n) is 8.36. The highest BCUT2D eigenvalue weighted by atomic mass is 16.7. The predicted molar refractivity (Wildman–Crippen MR) is 106 cm³/mol. The number of benzene rings is 1. The molecule has 0 radical (unpaired) electrons. The highest BCUT2D eigenvalue weighted by molar-refractivity contribution is 6.10. The number of nitrogens with zero attached hydrogens (tertiary/aromatic N) is 3. The maximum atomic E-state index is 13.2. The maximum Gasteiger partial charge on any atom is 0.277 e. The molecule has 1 aromatic carbocycles. The van der Waals surface area contributed by atoms with Crippen LogP contribution in [0.5, 0.6) is 0 Å². The standard InChI is InChI=1S/C21H27N3O3/c1-12-9-10-15(19(26)24-13(2)11-16(25)23(24)8)14(3)17(12)18-20(4,5)21(6,7)27-22-18/h9-11H,1-8H3. The molecule has 0 spiro atoms. The molecule has 0 unspecified atom stereocenters. The molecule has 0 atom stereocenters. The van der Waals surface area contributed by atoms with Gasteiger partial charge in [0.25, 0.3) is 11.5 Å². The lowest BCUT2D eigenvalue weighted by atomic mass is 9.70. The summed E-state index contributed by atoms with van der Waals surface area (Å²) >= 11 is 0. The van der Waals surface area contributed by atoms with E-state index in [4.69, 9.17) is 4.84 Å². The Hall–Kier alpha value is -2.63. The van der Waals surface area contributed by atoms with Crippen molar-refractivity contribution in [2.45, 2.75) is 54.1 Å². The number of rotatable bonds is 2. The van der Waals surface area contributed by atoms with Crippen LogP contribution < -0.4 is 5.56 Å². The first-order valence-corrected chi connectivity index (χ1v) is 9.07. The molecule has 1 aliphatic rings. The monoisotopic (exact) mass is 369 g/mol. The van der Waals surface area contributed by atoms with Gasteiger partial charge < -0.3 is 4.84 Å². The summed E-state index contributed by atoms with van der Waals surface area (Å²) < 4.78 is 2.74. The molecule has 27 heavy (non-hydrogen) atoms. The Morgan fingerprint density at radius 2 is 1.74 bits per heavy atom. The zero-order valence-electron chi connectivity index (χ0n) is 17.3. The van der Waals surface area contributed by atoms with E-state index in [9.17, 15) is 9.59 Å². The van der Waals surface area contributed by atoms with Gasteiger partial charge in [0.05, 0.1) is 11.1 Å². The molecule has 0 fully saturated rings. The minimum Gasteiger partial charge on any atom is -0.389 e. The van der Waals surface area contributed by atoms with Gasteiger partial charge in [-0.05, 0) is 51.8 Å². The molecule has 3 rings (SSSR count). The third-order valence-electron chi connectivity index (χ3n) is 6.08. The lowest BCUT2D eigenvalue weighted by Crippen LogP contribution is -2.41. The van der Waals surface area contributed by atoms with E-state index >= 15 is 0 Å². The van der Waals surface area contributed by atoms with Crippen molar-refractivity contribution in [3.8, 4) is 0 Å². The van der Waals surface area contributed by atoms with Crippen LogP contribution >= 0.6 is 0 Å². The van der Waals surface area contributed by atoms with Gasteiger partial charge in [-0.3, -0.25) is 9.59 Å². The molecule has 2 heterocycles. The van der Waals surface area contributed by atoms with Crippen molar-refractivity contribution in [1.29, 1.82) is 0 Å². The molecule has 2 aromatic rings. The largest absolute Gasteiger partial charge is 0.389 e. The van der Waals surface area contributed by atoms with Crippen molar-refractivity contribution < 1.29 is 9.63 Å². The van der Waals surface area contributed by atoms with Gasteiger partial charge in [-0.25, -0.2) is 9.36 Å². The molecule has 6 heteroatoms. The second-order valence-corrected chi connectivity index (χ2v) is 8.36. The number of aromatic nitrogens is 2. The van der Waals surface area contributed by atoms with Gasteiger partial charge in [0.1, 0.15) is 5.60 Å². The van der Waals surface area contributed by atoms with E-state index in [2.05, 4.69) is 19.0 Å². The summed E-state index contributed by atoms with van der Waals surface area (Å²) in [5.74, 6) is -0.229. The first-order chi connectivity index (χ1) is 12.4. The van der Waals surface area contributed by atoms with E-state index in [0.717, 1.165) is 22.4 Å². The first-order valence-electron chi connectivity index (χ1n) is 9.07. The predicted octanol–water partition coefficient (Wildman–Crippen LogP) is 3.34. The summed E-state index contributed by atoms with van der Waals surface area (Å²) in [6.07, 6.45) is 0. The van der Waals surface area contributed by atoms with E-state index in [1.165, 1.54) is 15.4 Å². The van der Waals surface area contributed by atoms with Crippen molar-refractivity contribution in [3.63, 3.8) is 0 Å². The molecule has 0 N–H and O–H groups in total. The van der Waals surface area contributed by atoms with Gasteiger partial charge in [-0.1, -0.05) is 25.1 Å². The molecule has 144 valence electrons.